The SMILES string of the molecule is CCCNc1cncc(C(=O)N(CC#N)CC#N)n1. The molecule has 0 spiro atoms. The van der Waals surface area contributed by atoms with Gasteiger partial charge < -0.3 is 10.2 Å². The smallest absolute Gasteiger partial charge is 0.275 e. The minimum absolute atomic E-state index is 0.117. The molecule has 0 aromatic carbocycles. The van der Waals surface area contributed by atoms with E-state index >= 15 is 0 Å². The Morgan fingerprint density at radius 1 is 1.37 bits per heavy atom. The molecule has 0 saturated carbocycles. The van der Waals surface area contributed by atoms with Crippen LogP contribution in [0.4, 0.5) is 5.82 Å². The van der Waals surface area contributed by atoms with E-state index in [0.717, 1.165) is 17.9 Å². The minimum atomic E-state index is -0.476. The van der Waals surface area contributed by atoms with Gasteiger partial charge in [-0.3, -0.25) is 9.78 Å². The molecule has 1 heterocycles. The average Bonchev–Trinajstić information content (AvgIpc) is 2.44. The molecule has 0 aliphatic rings. The molecule has 0 unspecified atom stereocenters. The summed E-state index contributed by atoms with van der Waals surface area (Å²) in [6.45, 7) is 2.44. The lowest BCUT2D eigenvalue weighted by atomic mass is 10.3. The first-order valence-electron chi connectivity index (χ1n) is 5.82. The highest BCUT2D eigenvalue weighted by Gasteiger charge is 2.17. The van der Waals surface area contributed by atoms with Crippen LogP contribution in [0.15, 0.2) is 12.4 Å². The Balaban J connectivity index is 2.86. The summed E-state index contributed by atoms with van der Waals surface area (Å²) in [7, 11) is 0. The van der Waals surface area contributed by atoms with Crippen LogP contribution in [0.1, 0.15) is 23.8 Å². The number of carbonyl (C=O) groups excluding carboxylic acids is 1. The van der Waals surface area contributed by atoms with E-state index in [4.69, 9.17) is 10.5 Å². The number of hydrogen-bond donors (Lipinski definition) is 1. The van der Waals surface area contributed by atoms with E-state index in [1.807, 2.05) is 19.1 Å². The molecular weight excluding hydrogens is 244 g/mol. The summed E-state index contributed by atoms with van der Waals surface area (Å²) in [4.78, 5) is 21.2. The summed E-state index contributed by atoms with van der Waals surface area (Å²) in [5, 5.41) is 20.3. The van der Waals surface area contributed by atoms with Crippen LogP contribution >= 0.6 is 0 Å². The molecule has 0 radical (unpaired) electrons. The van der Waals surface area contributed by atoms with Crippen LogP contribution in [0.3, 0.4) is 0 Å². The van der Waals surface area contributed by atoms with Gasteiger partial charge in [0.25, 0.3) is 5.91 Å². The van der Waals surface area contributed by atoms with Crippen molar-refractivity contribution in [3.05, 3.63) is 18.1 Å². The molecule has 19 heavy (non-hydrogen) atoms. The summed E-state index contributed by atoms with van der Waals surface area (Å²) < 4.78 is 0. The molecular formula is C12H14N6O. The maximum absolute atomic E-state index is 12.0. The number of carbonyl (C=O) groups is 1. The van der Waals surface area contributed by atoms with Crippen LogP contribution in [-0.4, -0.2) is 40.4 Å². The van der Waals surface area contributed by atoms with E-state index in [2.05, 4.69) is 15.3 Å². The number of nitrogens with one attached hydrogen (secondary N) is 1. The first kappa shape index (κ1) is 14.4. The first-order valence-corrected chi connectivity index (χ1v) is 5.82. The lowest BCUT2D eigenvalue weighted by Gasteiger charge is -2.15. The molecule has 98 valence electrons. The van der Waals surface area contributed by atoms with E-state index in [9.17, 15) is 4.79 Å². The average molecular weight is 258 g/mol. The Bertz CT molecular complexity index is 500. The molecule has 0 bridgehead atoms. The Morgan fingerprint density at radius 3 is 2.63 bits per heavy atom. The van der Waals surface area contributed by atoms with Crippen LogP contribution in [0.25, 0.3) is 0 Å². The van der Waals surface area contributed by atoms with Crippen molar-refractivity contribution in [3.8, 4) is 12.1 Å². The van der Waals surface area contributed by atoms with Crippen LogP contribution in [0.5, 0.6) is 0 Å². The van der Waals surface area contributed by atoms with Crippen molar-refractivity contribution < 1.29 is 4.79 Å². The predicted molar refractivity (Wildman–Crippen MR) is 67.9 cm³/mol. The van der Waals surface area contributed by atoms with Gasteiger partial charge in [-0.15, -0.1) is 0 Å². The largest absolute Gasteiger partial charge is 0.369 e. The minimum Gasteiger partial charge on any atom is -0.369 e. The highest BCUT2D eigenvalue weighted by atomic mass is 16.2. The highest BCUT2D eigenvalue weighted by molar-refractivity contribution is 5.92. The number of amides is 1. The first-order chi connectivity index (χ1) is 9.22. The van der Waals surface area contributed by atoms with Crippen molar-refractivity contribution >= 4 is 11.7 Å². The predicted octanol–water partition coefficient (Wildman–Crippen LogP) is 0.788. The van der Waals surface area contributed by atoms with Gasteiger partial charge in [-0.25, -0.2) is 4.98 Å². The van der Waals surface area contributed by atoms with Gasteiger partial charge in [-0.05, 0) is 6.42 Å². The summed E-state index contributed by atoms with van der Waals surface area (Å²) in [5.74, 6) is 0.0253. The fraction of sp³-hybridized carbons (Fsp3) is 0.417. The number of aromatic nitrogens is 2. The Morgan fingerprint density at radius 2 is 2.05 bits per heavy atom. The van der Waals surface area contributed by atoms with Crippen LogP contribution in [-0.2, 0) is 0 Å². The second-order valence-corrected chi connectivity index (χ2v) is 3.69. The van der Waals surface area contributed by atoms with Crippen molar-refractivity contribution in [1.29, 1.82) is 10.5 Å². The zero-order valence-corrected chi connectivity index (χ0v) is 10.6. The molecule has 1 N–H and O–H groups in total. The number of nitrogens with zero attached hydrogens (tertiary/aromatic N) is 5. The van der Waals surface area contributed by atoms with Crippen LogP contribution in [0, 0.1) is 22.7 Å². The molecule has 1 rings (SSSR count). The Hall–Kier alpha value is -2.67. The van der Waals surface area contributed by atoms with Crippen molar-refractivity contribution in [2.75, 3.05) is 25.0 Å². The van der Waals surface area contributed by atoms with Gasteiger partial charge in [0.1, 0.15) is 24.6 Å². The fourth-order valence-corrected chi connectivity index (χ4v) is 1.34. The molecule has 0 aliphatic carbocycles. The second-order valence-electron chi connectivity index (χ2n) is 3.69. The fourth-order valence-electron chi connectivity index (χ4n) is 1.34. The quantitative estimate of drug-likeness (QED) is 0.756. The van der Waals surface area contributed by atoms with Crippen molar-refractivity contribution in [2.45, 2.75) is 13.3 Å². The van der Waals surface area contributed by atoms with E-state index in [0.29, 0.717) is 5.82 Å². The third-order valence-electron chi connectivity index (χ3n) is 2.22. The van der Waals surface area contributed by atoms with Crippen LogP contribution < -0.4 is 5.32 Å². The summed E-state index contributed by atoms with van der Waals surface area (Å²) in [6, 6.07) is 3.68. The lowest BCUT2D eigenvalue weighted by molar-refractivity contribution is 0.0788. The summed E-state index contributed by atoms with van der Waals surface area (Å²) in [5.41, 5.74) is 0.117. The van der Waals surface area contributed by atoms with Gasteiger partial charge >= 0.3 is 0 Å². The third kappa shape index (κ3) is 4.25. The zero-order valence-electron chi connectivity index (χ0n) is 10.6. The molecule has 1 aromatic rings. The second kappa shape index (κ2) is 7.62. The Kier molecular flexibility index (Phi) is 5.77. The number of hydrogen-bond acceptors (Lipinski definition) is 6. The third-order valence-corrected chi connectivity index (χ3v) is 2.22. The topological polar surface area (TPSA) is 106 Å². The van der Waals surface area contributed by atoms with Crippen molar-refractivity contribution in [3.63, 3.8) is 0 Å². The summed E-state index contributed by atoms with van der Waals surface area (Å²) >= 11 is 0. The molecule has 7 heteroatoms. The van der Waals surface area contributed by atoms with Crippen molar-refractivity contribution in [2.24, 2.45) is 0 Å². The molecule has 1 aromatic heterocycles. The normalized spacial score (nSPS) is 9.21. The molecule has 0 fully saturated rings. The maximum atomic E-state index is 12.0. The zero-order chi connectivity index (χ0) is 14.1. The maximum Gasteiger partial charge on any atom is 0.275 e. The number of anilines is 1. The molecule has 0 saturated heterocycles. The van der Waals surface area contributed by atoms with Crippen LogP contribution in [0.2, 0.25) is 0 Å². The molecule has 0 aliphatic heterocycles. The Labute approximate surface area is 111 Å². The molecule has 0 atom stereocenters. The standard InChI is InChI=1S/C12H14N6O/c1-2-5-16-11-9-15-8-10(17-11)12(19)18(6-3-13)7-4-14/h8-9H,2,5-7H2,1H3,(H,16,17). The molecule has 1 amide bonds. The van der Waals surface area contributed by atoms with Gasteiger partial charge in [-0.2, -0.15) is 10.5 Å². The van der Waals surface area contributed by atoms with Crippen molar-refractivity contribution in [1.82, 2.24) is 14.9 Å². The van der Waals surface area contributed by atoms with Gasteiger partial charge in [0.2, 0.25) is 0 Å². The van der Waals surface area contributed by atoms with Gasteiger partial charge in [0.05, 0.1) is 24.5 Å². The number of nitriles is 2. The van der Waals surface area contributed by atoms with Gasteiger partial charge in [0, 0.05) is 6.54 Å². The number of rotatable bonds is 6. The van der Waals surface area contributed by atoms with E-state index in [1.165, 1.54) is 12.4 Å². The van der Waals surface area contributed by atoms with E-state index in [-0.39, 0.29) is 18.8 Å². The van der Waals surface area contributed by atoms with Gasteiger partial charge in [0.15, 0.2) is 0 Å². The highest BCUT2D eigenvalue weighted by Crippen LogP contribution is 2.05. The monoisotopic (exact) mass is 258 g/mol. The lowest BCUT2D eigenvalue weighted by Crippen LogP contribution is -2.32. The summed E-state index contributed by atoms with van der Waals surface area (Å²) in [6.07, 6.45) is 3.77. The van der Waals surface area contributed by atoms with E-state index in [1.54, 1.807) is 0 Å². The van der Waals surface area contributed by atoms with Gasteiger partial charge in [-0.1, -0.05) is 6.92 Å². The molecule has 7 nitrogen and oxygen atoms in total. The van der Waals surface area contributed by atoms with E-state index < -0.39 is 5.91 Å².